The van der Waals surface area contributed by atoms with Gasteiger partial charge < -0.3 is 9.64 Å². The van der Waals surface area contributed by atoms with E-state index in [1.165, 1.54) is 49.5 Å². The molecule has 43 heavy (non-hydrogen) atoms. The molecule has 2 aromatic rings. The lowest BCUT2D eigenvalue weighted by atomic mass is 9.90. The van der Waals surface area contributed by atoms with Crippen LogP contribution in [0, 0.1) is 29.5 Å². The van der Waals surface area contributed by atoms with Gasteiger partial charge in [0.15, 0.2) is 0 Å². The van der Waals surface area contributed by atoms with E-state index < -0.39 is 0 Å². The maximum Gasteiger partial charge on any atom is 0.227 e. The number of piperidine rings is 1. The molecule has 1 saturated heterocycles. The van der Waals surface area contributed by atoms with Gasteiger partial charge in [0.05, 0.1) is 36.8 Å². The van der Waals surface area contributed by atoms with Crippen LogP contribution in [0.4, 0.5) is 4.39 Å². The summed E-state index contributed by atoms with van der Waals surface area (Å²) in [4.78, 5) is 31.0. The first-order valence-corrected chi connectivity index (χ1v) is 16.5. The molecule has 4 heterocycles. The number of carbonyl (C=O) groups excluding carboxylic acids is 1. The van der Waals surface area contributed by atoms with Gasteiger partial charge in [-0.25, -0.2) is 14.4 Å². The predicted octanol–water partition coefficient (Wildman–Crippen LogP) is 6.26. The van der Waals surface area contributed by atoms with E-state index in [-0.39, 0.29) is 18.1 Å². The SMILES string of the molecule is O=C(Cc1ccc(OCC[C@@H]2CC2C2CCN(Cc3ncc(Cl)cn3)CC2)cc1F)N1CCC2=C(C1)N=C(C1CC1)CC2. The monoisotopic (exact) mass is 605 g/mol. The number of rotatable bonds is 10. The first-order chi connectivity index (χ1) is 21.0. The van der Waals surface area contributed by atoms with Crippen molar-refractivity contribution in [2.75, 3.05) is 32.8 Å². The Hall–Kier alpha value is -2.84. The van der Waals surface area contributed by atoms with Crippen molar-refractivity contribution in [2.24, 2.45) is 28.7 Å². The minimum atomic E-state index is -0.366. The normalized spacial score (nSPS) is 24.5. The fourth-order valence-electron chi connectivity index (χ4n) is 7.31. The summed E-state index contributed by atoms with van der Waals surface area (Å²) >= 11 is 5.90. The van der Waals surface area contributed by atoms with Crippen molar-refractivity contribution in [3.05, 3.63) is 64.1 Å². The maximum absolute atomic E-state index is 15.0. The molecule has 2 saturated carbocycles. The fraction of sp³-hybridized carbons (Fsp3) is 0.588. The zero-order valence-electron chi connectivity index (χ0n) is 24.8. The largest absolute Gasteiger partial charge is 0.493 e. The summed E-state index contributed by atoms with van der Waals surface area (Å²) in [6.07, 6.45) is 13.7. The van der Waals surface area contributed by atoms with E-state index >= 15 is 0 Å². The van der Waals surface area contributed by atoms with Crippen LogP contribution in [-0.4, -0.2) is 64.2 Å². The van der Waals surface area contributed by atoms with Crippen molar-refractivity contribution in [1.82, 2.24) is 19.8 Å². The van der Waals surface area contributed by atoms with Gasteiger partial charge in [0.2, 0.25) is 5.91 Å². The number of amides is 1. The van der Waals surface area contributed by atoms with E-state index in [2.05, 4.69) is 14.9 Å². The molecule has 7 nitrogen and oxygen atoms in total. The Morgan fingerprint density at radius 1 is 1.05 bits per heavy atom. The van der Waals surface area contributed by atoms with Crippen LogP contribution >= 0.6 is 11.6 Å². The van der Waals surface area contributed by atoms with Gasteiger partial charge in [0.25, 0.3) is 0 Å². The van der Waals surface area contributed by atoms with Crippen molar-refractivity contribution >= 4 is 23.2 Å². The summed E-state index contributed by atoms with van der Waals surface area (Å²) in [7, 11) is 0. The average Bonchev–Trinajstić information content (AvgIpc) is 3.95. The maximum atomic E-state index is 15.0. The Bertz CT molecular complexity index is 1400. The number of hydrogen-bond donors (Lipinski definition) is 0. The Kier molecular flexibility index (Phi) is 8.50. The van der Waals surface area contributed by atoms with Gasteiger partial charge in [-0.3, -0.25) is 14.7 Å². The third kappa shape index (κ3) is 7.12. The smallest absolute Gasteiger partial charge is 0.227 e. The lowest BCUT2D eigenvalue weighted by molar-refractivity contribution is -0.130. The quantitative estimate of drug-likeness (QED) is 0.320. The van der Waals surface area contributed by atoms with E-state index in [0.29, 0.717) is 47.9 Å². The zero-order valence-corrected chi connectivity index (χ0v) is 25.6. The van der Waals surface area contributed by atoms with Gasteiger partial charge in [-0.2, -0.15) is 0 Å². The molecule has 0 bridgehead atoms. The van der Waals surface area contributed by atoms with Gasteiger partial charge in [0, 0.05) is 30.7 Å². The molecule has 2 atom stereocenters. The summed E-state index contributed by atoms with van der Waals surface area (Å²) in [5.41, 5.74) is 4.25. The van der Waals surface area contributed by atoms with Crippen LogP contribution in [0.2, 0.25) is 5.02 Å². The highest BCUT2D eigenvalue weighted by Crippen LogP contribution is 2.49. The second-order valence-electron chi connectivity index (χ2n) is 13.2. The third-order valence-corrected chi connectivity index (χ3v) is 10.4. The van der Waals surface area contributed by atoms with Crippen molar-refractivity contribution in [1.29, 1.82) is 0 Å². The lowest BCUT2D eigenvalue weighted by Crippen LogP contribution is -2.38. The van der Waals surface area contributed by atoms with Crippen LogP contribution in [0.5, 0.6) is 5.75 Å². The number of carbonyl (C=O) groups is 1. The zero-order chi connectivity index (χ0) is 29.3. The van der Waals surface area contributed by atoms with E-state index in [0.717, 1.165) is 68.7 Å². The molecule has 1 amide bonds. The molecule has 2 aliphatic carbocycles. The molecule has 0 spiro atoms. The average molecular weight is 606 g/mol. The van der Waals surface area contributed by atoms with Crippen molar-refractivity contribution in [3.63, 3.8) is 0 Å². The van der Waals surface area contributed by atoms with Gasteiger partial charge in [0.1, 0.15) is 17.4 Å². The first kappa shape index (κ1) is 28.9. The van der Waals surface area contributed by atoms with Gasteiger partial charge >= 0.3 is 0 Å². The predicted molar refractivity (Wildman–Crippen MR) is 164 cm³/mol. The number of aliphatic imine (C=N–C) groups is 1. The molecular formula is C34H41ClFN5O2. The number of aromatic nitrogens is 2. The third-order valence-electron chi connectivity index (χ3n) is 10.2. The van der Waals surface area contributed by atoms with Gasteiger partial charge in [-0.1, -0.05) is 17.7 Å². The molecule has 1 aromatic carbocycles. The lowest BCUT2D eigenvalue weighted by Gasteiger charge is -2.32. The van der Waals surface area contributed by atoms with Crippen molar-refractivity contribution in [2.45, 2.75) is 70.8 Å². The summed E-state index contributed by atoms with van der Waals surface area (Å²) in [5.74, 6) is 3.90. The number of likely N-dealkylation sites (tertiary alicyclic amines) is 1. The molecule has 9 heteroatoms. The molecule has 228 valence electrons. The van der Waals surface area contributed by atoms with Crippen LogP contribution < -0.4 is 4.74 Å². The minimum Gasteiger partial charge on any atom is -0.493 e. The van der Waals surface area contributed by atoms with Crippen LogP contribution in [0.3, 0.4) is 0 Å². The van der Waals surface area contributed by atoms with Crippen LogP contribution in [0.1, 0.15) is 69.2 Å². The van der Waals surface area contributed by atoms with Crippen LogP contribution in [-0.2, 0) is 17.8 Å². The molecule has 5 aliphatic rings. The highest BCUT2D eigenvalue weighted by molar-refractivity contribution is 6.30. The van der Waals surface area contributed by atoms with Crippen molar-refractivity contribution in [3.8, 4) is 5.75 Å². The van der Waals surface area contributed by atoms with Gasteiger partial charge in [-0.15, -0.1) is 0 Å². The second kappa shape index (κ2) is 12.6. The molecule has 1 aromatic heterocycles. The molecule has 7 rings (SSSR count). The molecular weight excluding hydrogens is 565 g/mol. The standard InChI is InChI=1S/C34H41ClFN5O2/c35-27-18-37-33(38-19-27)21-40-11-7-22(8-12-40)29-15-25(29)10-14-43-28-5-3-26(30(36)17-28)16-34(42)41-13-9-24-4-6-31(23-1-2-23)39-32(24)20-41/h3,5,17-19,22-23,25,29H,1-2,4,6-16,20-21H2/t25-,29?/m1/s1. The summed E-state index contributed by atoms with van der Waals surface area (Å²) in [5, 5.41) is 0.571. The Morgan fingerprint density at radius 3 is 2.63 bits per heavy atom. The first-order valence-electron chi connectivity index (χ1n) is 16.1. The molecule has 3 aliphatic heterocycles. The molecule has 1 unspecified atom stereocenters. The van der Waals surface area contributed by atoms with Crippen molar-refractivity contribution < 1.29 is 13.9 Å². The molecule has 3 fully saturated rings. The van der Waals surface area contributed by atoms with Gasteiger partial charge in [-0.05, 0) is 112 Å². The molecule has 0 radical (unpaired) electrons. The topological polar surface area (TPSA) is 70.9 Å². The van der Waals surface area contributed by atoms with E-state index in [9.17, 15) is 9.18 Å². The minimum absolute atomic E-state index is 0.0308. The number of ether oxygens (including phenoxy) is 1. The number of nitrogens with zero attached hydrogens (tertiary/aromatic N) is 5. The highest BCUT2D eigenvalue weighted by atomic mass is 35.5. The number of hydrogen-bond acceptors (Lipinski definition) is 6. The van der Waals surface area contributed by atoms with Crippen LogP contribution in [0.15, 0.2) is 46.9 Å². The van der Waals surface area contributed by atoms with Crippen LogP contribution in [0.25, 0.3) is 0 Å². The summed E-state index contributed by atoms with van der Waals surface area (Å²) < 4.78 is 20.9. The van der Waals surface area contributed by atoms with E-state index in [1.54, 1.807) is 24.5 Å². The Labute approximate surface area is 258 Å². The summed E-state index contributed by atoms with van der Waals surface area (Å²) in [6.45, 7) is 4.80. The Balaban J connectivity index is 0.825. The summed E-state index contributed by atoms with van der Waals surface area (Å²) in [6, 6.07) is 4.96. The highest BCUT2D eigenvalue weighted by Gasteiger charge is 2.43. The number of halogens is 2. The fourth-order valence-corrected chi connectivity index (χ4v) is 7.40. The second-order valence-corrected chi connectivity index (χ2v) is 13.6. The van der Waals surface area contributed by atoms with E-state index in [1.807, 2.05) is 4.90 Å². The number of benzene rings is 1. The van der Waals surface area contributed by atoms with E-state index in [4.69, 9.17) is 21.3 Å². The molecule has 0 N–H and O–H groups in total. The Morgan fingerprint density at radius 2 is 1.86 bits per heavy atom.